The fourth-order valence-electron chi connectivity index (χ4n) is 1.61. The first kappa shape index (κ1) is 16.8. The van der Waals surface area contributed by atoms with Crippen LogP contribution in [0.1, 0.15) is 10.4 Å². The first-order chi connectivity index (χ1) is 9.92. The summed E-state index contributed by atoms with van der Waals surface area (Å²) in [4.78, 5) is 12.3. The van der Waals surface area contributed by atoms with Crippen LogP contribution >= 0.6 is 59.4 Å². The summed E-state index contributed by atoms with van der Waals surface area (Å²) in [6.07, 6.45) is 0. The molecule has 0 saturated heterocycles. The molecular weight excluding hydrogens is 489 g/mol. The standard InChI is InChI=1S/C14H9Br3ClNO2/c1-21-13-6-12(9(16)5-10(13)17)19-14(20)7-2-3-8(15)11(18)4-7/h2-6H,1H3,(H,19,20). The van der Waals surface area contributed by atoms with Gasteiger partial charge in [-0.25, -0.2) is 0 Å². The number of anilines is 1. The molecule has 0 aliphatic rings. The van der Waals surface area contributed by atoms with E-state index in [4.69, 9.17) is 16.3 Å². The van der Waals surface area contributed by atoms with E-state index in [9.17, 15) is 4.79 Å². The van der Waals surface area contributed by atoms with Crippen molar-refractivity contribution in [1.29, 1.82) is 0 Å². The van der Waals surface area contributed by atoms with Crippen molar-refractivity contribution in [3.63, 3.8) is 0 Å². The summed E-state index contributed by atoms with van der Waals surface area (Å²) in [5.41, 5.74) is 1.08. The maximum atomic E-state index is 12.3. The number of halogens is 4. The molecule has 3 nitrogen and oxygen atoms in total. The highest BCUT2D eigenvalue weighted by atomic mass is 79.9. The lowest BCUT2D eigenvalue weighted by Crippen LogP contribution is -2.12. The second-order valence-corrected chi connectivity index (χ2v) is 7.02. The SMILES string of the molecule is COc1cc(NC(=O)c2ccc(Br)c(Cl)c2)c(Br)cc1Br. The van der Waals surface area contributed by atoms with Gasteiger partial charge in [0.1, 0.15) is 5.75 Å². The van der Waals surface area contributed by atoms with E-state index >= 15 is 0 Å². The van der Waals surface area contributed by atoms with Crippen LogP contribution in [0.3, 0.4) is 0 Å². The van der Waals surface area contributed by atoms with E-state index in [1.54, 1.807) is 31.4 Å². The number of amides is 1. The molecule has 7 heteroatoms. The molecule has 1 N–H and O–H groups in total. The molecule has 0 radical (unpaired) electrons. The summed E-state index contributed by atoms with van der Waals surface area (Å²) in [6.45, 7) is 0. The second kappa shape index (κ2) is 7.13. The predicted octanol–water partition coefficient (Wildman–Crippen LogP) is 5.89. The van der Waals surface area contributed by atoms with Crippen LogP contribution in [-0.2, 0) is 0 Å². The molecule has 0 unspecified atom stereocenters. The summed E-state index contributed by atoms with van der Waals surface area (Å²) in [7, 11) is 1.56. The van der Waals surface area contributed by atoms with Crippen molar-refractivity contribution in [2.75, 3.05) is 12.4 Å². The van der Waals surface area contributed by atoms with E-state index < -0.39 is 0 Å². The first-order valence-electron chi connectivity index (χ1n) is 5.72. The van der Waals surface area contributed by atoms with Gasteiger partial charge < -0.3 is 10.1 Å². The molecule has 0 heterocycles. The summed E-state index contributed by atoms with van der Waals surface area (Å²) in [6, 6.07) is 8.56. The Hall–Kier alpha value is -0.560. The molecule has 2 aromatic rings. The molecule has 0 spiro atoms. The molecule has 2 aromatic carbocycles. The maximum absolute atomic E-state index is 12.3. The topological polar surface area (TPSA) is 38.3 Å². The van der Waals surface area contributed by atoms with Crippen molar-refractivity contribution in [1.82, 2.24) is 0 Å². The van der Waals surface area contributed by atoms with Crippen LogP contribution in [0.2, 0.25) is 5.02 Å². The number of carbonyl (C=O) groups excluding carboxylic acids is 1. The highest BCUT2D eigenvalue weighted by Gasteiger charge is 2.12. The Morgan fingerprint density at radius 2 is 1.81 bits per heavy atom. The van der Waals surface area contributed by atoms with Crippen LogP contribution in [0.5, 0.6) is 5.75 Å². The van der Waals surface area contributed by atoms with E-state index in [1.165, 1.54) is 0 Å². The van der Waals surface area contributed by atoms with Crippen molar-refractivity contribution < 1.29 is 9.53 Å². The van der Waals surface area contributed by atoms with Gasteiger partial charge in [-0.1, -0.05) is 11.6 Å². The quantitative estimate of drug-likeness (QED) is 0.574. The Morgan fingerprint density at radius 1 is 1.10 bits per heavy atom. The fraction of sp³-hybridized carbons (Fsp3) is 0.0714. The zero-order chi connectivity index (χ0) is 15.6. The van der Waals surface area contributed by atoms with Gasteiger partial charge in [0.2, 0.25) is 0 Å². The minimum atomic E-state index is -0.255. The largest absolute Gasteiger partial charge is 0.495 e. The molecule has 0 atom stereocenters. The Labute approximate surface area is 152 Å². The Morgan fingerprint density at radius 3 is 2.43 bits per heavy atom. The van der Waals surface area contributed by atoms with Crippen molar-refractivity contribution in [3.8, 4) is 5.75 Å². The van der Waals surface area contributed by atoms with Gasteiger partial charge in [-0.15, -0.1) is 0 Å². The highest BCUT2D eigenvalue weighted by molar-refractivity contribution is 9.11. The molecule has 110 valence electrons. The molecule has 0 aliphatic carbocycles. The average molecular weight is 498 g/mol. The molecule has 1 amide bonds. The third-order valence-corrected chi connectivity index (χ3v) is 5.18. The molecule has 0 saturated carbocycles. The van der Waals surface area contributed by atoms with E-state index in [0.29, 0.717) is 22.0 Å². The van der Waals surface area contributed by atoms with Crippen LogP contribution < -0.4 is 10.1 Å². The molecule has 0 fully saturated rings. The van der Waals surface area contributed by atoms with Crippen LogP contribution in [0.25, 0.3) is 0 Å². The van der Waals surface area contributed by atoms with Gasteiger partial charge in [-0.05, 0) is 72.1 Å². The third kappa shape index (κ3) is 4.00. The molecule has 0 aliphatic heterocycles. The Bertz CT molecular complexity index is 707. The zero-order valence-electron chi connectivity index (χ0n) is 10.7. The normalized spacial score (nSPS) is 10.3. The van der Waals surface area contributed by atoms with Gasteiger partial charge in [0, 0.05) is 20.6 Å². The summed E-state index contributed by atoms with van der Waals surface area (Å²) in [5, 5.41) is 3.30. The number of hydrogen-bond acceptors (Lipinski definition) is 2. The van der Waals surface area contributed by atoms with Crippen LogP contribution in [-0.4, -0.2) is 13.0 Å². The van der Waals surface area contributed by atoms with Crippen LogP contribution in [0.15, 0.2) is 43.7 Å². The van der Waals surface area contributed by atoms with E-state index in [0.717, 1.165) is 13.4 Å². The number of hydrogen-bond donors (Lipinski definition) is 1. The number of nitrogens with one attached hydrogen (secondary N) is 1. The van der Waals surface area contributed by atoms with Gasteiger partial charge >= 0.3 is 0 Å². The average Bonchev–Trinajstić information content (AvgIpc) is 2.44. The Balaban J connectivity index is 2.29. The number of rotatable bonds is 3. The number of ether oxygens (including phenoxy) is 1. The predicted molar refractivity (Wildman–Crippen MR) is 95.5 cm³/mol. The van der Waals surface area contributed by atoms with Crippen LogP contribution in [0.4, 0.5) is 5.69 Å². The molecule has 0 bridgehead atoms. The van der Waals surface area contributed by atoms with Crippen molar-refractivity contribution in [3.05, 3.63) is 54.3 Å². The smallest absolute Gasteiger partial charge is 0.255 e. The van der Waals surface area contributed by atoms with Crippen molar-refractivity contribution in [2.24, 2.45) is 0 Å². The van der Waals surface area contributed by atoms with E-state index in [1.807, 2.05) is 6.07 Å². The molecule has 21 heavy (non-hydrogen) atoms. The molecule has 2 rings (SSSR count). The minimum absolute atomic E-state index is 0.255. The van der Waals surface area contributed by atoms with Gasteiger partial charge in [-0.2, -0.15) is 0 Å². The van der Waals surface area contributed by atoms with E-state index in [-0.39, 0.29) is 5.91 Å². The number of carbonyl (C=O) groups is 1. The summed E-state index contributed by atoms with van der Waals surface area (Å²) < 4.78 is 7.49. The lowest BCUT2D eigenvalue weighted by atomic mass is 10.2. The third-order valence-electron chi connectivity index (χ3n) is 2.67. The summed E-state index contributed by atoms with van der Waals surface area (Å²) in [5.74, 6) is 0.372. The summed E-state index contributed by atoms with van der Waals surface area (Å²) >= 11 is 16.1. The fourth-order valence-corrected chi connectivity index (χ4v) is 3.30. The highest BCUT2D eigenvalue weighted by Crippen LogP contribution is 2.35. The maximum Gasteiger partial charge on any atom is 0.255 e. The van der Waals surface area contributed by atoms with Crippen molar-refractivity contribution in [2.45, 2.75) is 0 Å². The number of benzene rings is 2. The number of methoxy groups -OCH3 is 1. The lowest BCUT2D eigenvalue weighted by Gasteiger charge is -2.11. The lowest BCUT2D eigenvalue weighted by molar-refractivity contribution is 0.102. The van der Waals surface area contributed by atoms with Crippen molar-refractivity contribution >= 4 is 71.0 Å². The van der Waals surface area contributed by atoms with Gasteiger partial charge in [0.15, 0.2) is 0 Å². The first-order valence-corrected chi connectivity index (χ1v) is 8.47. The molecule has 0 aromatic heterocycles. The van der Waals surface area contributed by atoms with Gasteiger partial charge in [0.25, 0.3) is 5.91 Å². The van der Waals surface area contributed by atoms with Crippen LogP contribution in [0, 0.1) is 0 Å². The Kier molecular flexibility index (Phi) is 5.71. The second-order valence-electron chi connectivity index (χ2n) is 4.05. The minimum Gasteiger partial charge on any atom is -0.495 e. The monoisotopic (exact) mass is 495 g/mol. The zero-order valence-corrected chi connectivity index (χ0v) is 16.2. The molecular formula is C14H9Br3ClNO2. The van der Waals surface area contributed by atoms with Gasteiger partial charge in [-0.3, -0.25) is 4.79 Å². The van der Waals surface area contributed by atoms with E-state index in [2.05, 4.69) is 53.1 Å². The van der Waals surface area contributed by atoms with Gasteiger partial charge in [0.05, 0.1) is 22.3 Å².